The molecule has 33 heavy (non-hydrogen) atoms. The Kier molecular flexibility index (Phi) is 5.36. The molecule has 0 radical (unpaired) electrons. The van der Waals surface area contributed by atoms with Crippen molar-refractivity contribution in [2.75, 3.05) is 7.11 Å². The highest BCUT2D eigenvalue weighted by molar-refractivity contribution is 6.81. The van der Waals surface area contributed by atoms with E-state index in [4.69, 9.17) is 4.74 Å². The first-order valence-corrected chi connectivity index (χ1v) is 10.2. The highest BCUT2D eigenvalue weighted by Crippen LogP contribution is 2.27. The standard InChI is InChI=1S/C24H17BFN5O2/c1-33-24(32)17-11-7-10-16(14-17)23-27-22(25-28-23)20-21(15-8-3-2-4-9-15)31(30-29-20)19-13-6-5-12-18(19)26/h2-14,25H,1H3. The molecule has 4 aromatic rings. The second-order valence-electron chi connectivity index (χ2n) is 7.29. The van der Waals surface area contributed by atoms with Gasteiger partial charge in [0.15, 0.2) is 0 Å². The van der Waals surface area contributed by atoms with Crippen molar-refractivity contribution in [2.24, 2.45) is 9.90 Å². The van der Waals surface area contributed by atoms with E-state index in [1.807, 2.05) is 36.4 Å². The molecule has 0 amide bonds. The minimum atomic E-state index is -0.432. The Morgan fingerprint density at radius 3 is 2.52 bits per heavy atom. The Hall–Kier alpha value is -4.40. The van der Waals surface area contributed by atoms with Crippen LogP contribution >= 0.6 is 0 Å². The summed E-state index contributed by atoms with van der Waals surface area (Å²) in [6.45, 7) is 0. The van der Waals surface area contributed by atoms with Crippen molar-refractivity contribution in [1.29, 1.82) is 0 Å². The van der Waals surface area contributed by atoms with Gasteiger partial charge in [0.1, 0.15) is 28.7 Å². The molecule has 0 spiro atoms. The normalized spacial score (nSPS) is 12.7. The molecule has 5 rings (SSSR count). The highest BCUT2D eigenvalue weighted by atomic mass is 19.1. The summed E-state index contributed by atoms with van der Waals surface area (Å²) in [6.07, 6.45) is 0. The predicted octanol–water partition coefficient (Wildman–Crippen LogP) is 3.42. The molecule has 0 fully saturated rings. The van der Waals surface area contributed by atoms with Crippen LogP contribution in [0.15, 0.2) is 88.8 Å². The van der Waals surface area contributed by atoms with Gasteiger partial charge in [-0.25, -0.2) is 18.9 Å². The Bertz CT molecular complexity index is 1420. The van der Waals surface area contributed by atoms with Gasteiger partial charge < -0.3 is 9.64 Å². The summed E-state index contributed by atoms with van der Waals surface area (Å²) >= 11 is 0. The van der Waals surface area contributed by atoms with Crippen molar-refractivity contribution < 1.29 is 13.9 Å². The minimum absolute atomic E-state index is 0.285. The summed E-state index contributed by atoms with van der Waals surface area (Å²) in [5.74, 6) is -0.356. The number of hydrogen-bond acceptors (Lipinski definition) is 6. The number of para-hydroxylation sites is 1. The van der Waals surface area contributed by atoms with Crippen LogP contribution in [0.1, 0.15) is 21.6 Å². The Labute approximate surface area is 189 Å². The summed E-state index contributed by atoms with van der Waals surface area (Å²) in [6, 6.07) is 22.9. The Morgan fingerprint density at radius 2 is 1.73 bits per heavy atom. The van der Waals surface area contributed by atoms with Crippen LogP contribution in [0.2, 0.25) is 0 Å². The molecule has 0 saturated carbocycles. The number of aromatic nitrogens is 3. The number of carbonyl (C=O) groups is 1. The van der Waals surface area contributed by atoms with Gasteiger partial charge in [0.2, 0.25) is 0 Å². The molecule has 0 unspecified atom stereocenters. The summed E-state index contributed by atoms with van der Waals surface area (Å²) in [7, 11) is 1.62. The molecule has 3 aromatic carbocycles. The number of rotatable bonds is 5. The van der Waals surface area contributed by atoms with E-state index in [0.717, 1.165) is 5.56 Å². The maximum atomic E-state index is 14.6. The van der Waals surface area contributed by atoms with Gasteiger partial charge in [0, 0.05) is 11.1 Å². The first-order valence-electron chi connectivity index (χ1n) is 10.2. The number of esters is 1. The molecule has 1 aliphatic rings. The number of halogens is 1. The first-order chi connectivity index (χ1) is 16.2. The van der Waals surface area contributed by atoms with E-state index in [2.05, 4.69) is 20.2 Å². The fourth-order valence-corrected chi connectivity index (χ4v) is 3.66. The molecule has 0 aliphatic carbocycles. The van der Waals surface area contributed by atoms with Crippen molar-refractivity contribution in [2.45, 2.75) is 0 Å². The van der Waals surface area contributed by atoms with Crippen LogP contribution in [0.5, 0.6) is 0 Å². The lowest BCUT2D eigenvalue weighted by Gasteiger charge is -2.09. The smallest absolute Gasteiger partial charge is 0.337 e. The molecule has 0 atom stereocenters. The van der Waals surface area contributed by atoms with E-state index in [1.165, 1.54) is 17.9 Å². The number of ether oxygens (including phenoxy) is 1. The monoisotopic (exact) mass is 437 g/mol. The van der Waals surface area contributed by atoms with Crippen LogP contribution in [0.25, 0.3) is 16.9 Å². The van der Waals surface area contributed by atoms with E-state index >= 15 is 0 Å². The molecule has 1 aromatic heterocycles. The Balaban J connectivity index is 1.59. The second-order valence-corrected chi connectivity index (χ2v) is 7.29. The average molecular weight is 437 g/mol. The van der Waals surface area contributed by atoms with Crippen molar-refractivity contribution in [3.63, 3.8) is 0 Å². The zero-order valence-corrected chi connectivity index (χ0v) is 17.6. The first kappa shape index (κ1) is 20.5. The highest BCUT2D eigenvalue weighted by Gasteiger charge is 2.25. The van der Waals surface area contributed by atoms with Crippen LogP contribution in [-0.2, 0) is 4.74 Å². The van der Waals surface area contributed by atoms with E-state index in [-0.39, 0.29) is 7.41 Å². The summed E-state index contributed by atoms with van der Waals surface area (Å²) < 4.78 is 20.9. The number of carbonyl (C=O) groups excluding carboxylic acids is 1. The Morgan fingerprint density at radius 1 is 0.970 bits per heavy atom. The van der Waals surface area contributed by atoms with Gasteiger partial charge in [-0.1, -0.05) is 59.8 Å². The number of methoxy groups -OCH3 is 1. The van der Waals surface area contributed by atoms with E-state index < -0.39 is 11.8 Å². The molecular formula is C24H17BFN5O2. The van der Waals surface area contributed by atoms with Crippen molar-refractivity contribution in [1.82, 2.24) is 15.0 Å². The van der Waals surface area contributed by atoms with Crippen LogP contribution in [0, 0.1) is 5.82 Å². The quantitative estimate of drug-likeness (QED) is 0.354. The van der Waals surface area contributed by atoms with Crippen LogP contribution < -0.4 is 0 Å². The van der Waals surface area contributed by atoms with E-state index in [1.54, 1.807) is 36.4 Å². The third-order valence-corrected chi connectivity index (χ3v) is 5.23. The van der Waals surface area contributed by atoms with Crippen molar-refractivity contribution >= 4 is 24.8 Å². The molecule has 0 bridgehead atoms. The van der Waals surface area contributed by atoms with Crippen molar-refractivity contribution in [3.05, 3.63) is 102 Å². The molecule has 2 heterocycles. The molecule has 0 saturated heterocycles. The third kappa shape index (κ3) is 3.85. The fraction of sp³-hybridized carbons (Fsp3) is 0.0417. The third-order valence-electron chi connectivity index (χ3n) is 5.23. The maximum Gasteiger partial charge on any atom is 0.337 e. The maximum absolute atomic E-state index is 14.6. The second kappa shape index (κ2) is 8.62. The van der Waals surface area contributed by atoms with E-state index in [0.29, 0.717) is 39.6 Å². The zero-order valence-electron chi connectivity index (χ0n) is 17.6. The fourth-order valence-electron chi connectivity index (χ4n) is 3.66. The van der Waals surface area contributed by atoms with Gasteiger partial charge in [0.25, 0.3) is 0 Å². The van der Waals surface area contributed by atoms with E-state index in [9.17, 15) is 9.18 Å². The molecule has 7 nitrogen and oxygen atoms in total. The molecule has 1 aliphatic heterocycles. The van der Waals surface area contributed by atoms with Gasteiger partial charge in [-0.3, -0.25) is 0 Å². The molecular weight excluding hydrogens is 420 g/mol. The lowest BCUT2D eigenvalue weighted by molar-refractivity contribution is 0.0600. The lowest BCUT2D eigenvalue weighted by Crippen LogP contribution is -2.09. The van der Waals surface area contributed by atoms with Gasteiger partial charge in [-0.15, -0.1) is 5.10 Å². The topological polar surface area (TPSA) is 81.7 Å². The largest absolute Gasteiger partial charge is 0.465 e. The van der Waals surface area contributed by atoms with Gasteiger partial charge in [-0.05, 0) is 24.3 Å². The zero-order chi connectivity index (χ0) is 22.8. The lowest BCUT2D eigenvalue weighted by atomic mass is 9.84. The van der Waals surface area contributed by atoms with Crippen LogP contribution in [-0.4, -0.2) is 46.9 Å². The SMILES string of the molecule is COC(=O)c1cccc(C2=NBC(c3nnn(-c4ccccc4F)c3-c3ccccc3)=N2)c1. The van der Waals surface area contributed by atoms with Gasteiger partial charge in [0.05, 0.1) is 18.3 Å². The van der Waals surface area contributed by atoms with Crippen molar-refractivity contribution in [3.8, 4) is 16.9 Å². The number of aliphatic imine (C=N–C) groups is 1. The number of benzene rings is 3. The summed E-state index contributed by atoms with van der Waals surface area (Å²) in [4.78, 5) is 21.1. The number of amidine groups is 1. The van der Waals surface area contributed by atoms with Crippen LogP contribution in [0.3, 0.4) is 0 Å². The van der Waals surface area contributed by atoms with Gasteiger partial charge >= 0.3 is 13.4 Å². The number of hydrogen-bond donors (Lipinski definition) is 0. The average Bonchev–Trinajstić information content (AvgIpc) is 3.52. The van der Waals surface area contributed by atoms with Crippen LogP contribution in [0.4, 0.5) is 4.39 Å². The molecule has 160 valence electrons. The summed E-state index contributed by atoms with van der Waals surface area (Å²) in [5, 5.41) is 8.60. The minimum Gasteiger partial charge on any atom is -0.465 e. The summed E-state index contributed by atoms with van der Waals surface area (Å²) in [5.41, 5.74) is 3.97. The molecule has 9 heteroatoms. The van der Waals surface area contributed by atoms with Gasteiger partial charge in [-0.2, -0.15) is 0 Å². The molecule has 0 N–H and O–H groups in total. The number of nitrogens with zero attached hydrogens (tertiary/aromatic N) is 5. The predicted molar refractivity (Wildman–Crippen MR) is 125 cm³/mol.